The van der Waals surface area contributed by atoms with E-state index in [2.05, 4.69) is 15.6 Å². The second kappa shape index (κ2) is 10.0. The highest BCUT2D eigenvalue weighted by molar-refractivity contribution is 5.93. The molecule has 1 aromatic carbocycles. The summed E-state index contributed by atoms with van der Waals surface area (Å²) in [7, 11) is 1.64. The Morgan fingerprint density at radius 2 is 2.08 bits per heavy atom. The van der Waals surface area contributed by atoms with Gasteiger partial charge in [-0.3, -0.25) is 4.99 Å². The average molecular weight is 335 g/mol. The Hall–Kier alpha value is -1.95. The summed E-state index contributed by atoms with van der Waals surface area (Å²) in [4.78, 5) is 4.54. The van der Waals surface area contributed by atoms with Crippen molar-refractivity contribution in [1.82, 2.24) is 5.32 Å². The van der Waals surface area contributed by atoms with Gasteiger partial charge in [-0.15, -0.1) is 0 Å². The van der Waals surface area contributed by atoms with Crippen LogP contribution in [0.1, 0.15) is 26.7 Å². The molecular weight excluding hydrogens is 306 g/mol. The van der Waals surface area contributed by atoms with Crippen molar-refractivity contribution in [3.05, 3.63) is 18.2 Å². The third-order valence-electron chi connectivity index (χ3n) is 3.63. The van der Waals surface area contributed by atoms with Crippen LogP contribution in [0.2, 0.25) is 0 Å². The first-order valence-corrected chi connectivity index (χ1v) is 8.70. The number of guanidine groups is 1. The number of methoxy groups -OCH3 is 1. The van der Waals surface area contributed by atoms with E-state index in [1.165, 1.54) is 12.8 Å². The van der Waals surface area contributed by atoms with Crippen molar-refractivity contribution in [2.24, 2.45) is 10.9 Å². The molecule has 1 aliphatic rings. The lowest BCUT2D eigenvalue weighted by Gasteiger charge is -2.14. The van der Waals surface area contributed by atoms with E-state index in [1.807, 2.05) is 32.0 Å². The van der Waals surface area contributed by atoms with Crippen LogP contribution in [0.15, 0.2) is 23.2 Å². The minimum Gasteiger partial charge on any atom is -0.493 e. The predicted molar refractivity (Wildman–Crippen MR) is 97.3 cm³/mol. The van der Waals surface area contributed by atoms with Crippen LogP contribution in [-0.2, 0) is 4.74 Å². The van der Waals surface area contributed by atoms with Gasteiger partial charge < -0.3 is 24.8 Å². The third kappa shape index (κ3) is 6.28. The molecule has 0 bridgehead atoms. The summed E-state index contributed by atoms with van der Waals surface area (Å²) < 4.78 is 16.5. The van der Waals surface area contributed by atoms with Crippen molar-refractivity contribution in [2.45, 2.75) is 26.7 Å². The number of nitrogens with zero attached hydrogens (tertiary/aromatic N) is 1. The average Bonchev–Trinajstić information content (AvgIpc) is 3.39. The zero-order chi connectivity index (χ0) is 17.2. The Balaban J connectivity index is 1.91. The van der Waals surface area contributed by atoms with Crippen molar-refractivity contribution < 1.29 is 14.2 Å². The van der Waals surface area contributed by atoms with Gasteiger partial charge in [0.1, 0.15) is 0 Å². The van der Waals surface area contributed by atoms with Gasteiger partial charge in [0.15, 0.2) is 17.5 Å². The fourth-order valence-corrected chi connectivity index (χ4v) is 2.22. The van der Waals surface area contributed by atoms with E-state index in [0.29, 0.717) is 25.5 Å². The molecule has 2 N–H and O–H groups in total. The smallest absolute Gasteiger partial charge is 0.195 e. The Kier molecular flexibility index (Phi) is 7.68. The SMILES string of the molecule is CCNC(=NCCOCC1CC1)Nc1ccc(OC)c(OCC)c1. The summed E-state index contributed by atoms with van der Waals surface area (Å²) in [6.07, 6.45) is 2.63. The number of anilines is 1. The van der Waals surface area contributed by atoms with Crippen molar-refractivity contribution >= 4 is 11.6 Å². The third-order valence-corrected chi connectivity index (χ3v) is 3.63. The summed E-state index contributed by atoms with van der Waals surface area (Å²) in [6, 6.07) is 5.74. The van der Waals surface area contributed by atoms with E-state index >= 15 is 0 Å². The molecule has 2 rings (SSSR count). The maximum Gasteiger partial charge on any atom is 0.195 e. The maximum atomic E-state index is 5.62. The van der Waals surface area contributed by atoms with Crippen LogP contribution in [-0.4, -0.2) is 46.0 Å². The van der Waals surface area contributed by atoms with Gasteiger partial charge in [0.25, 0.3) is 0 Å². The van der Waals surface area contributed by atoms with Crippen molar-refractivity contribution in [2.75, 3.05) is 45.3 Å². The van der Waals surface area contributed by atoms with Crippen LogP contribution in [0.25, 0.3) is 0 Å². The van der Waals surface area contributed by atoms with Gasteiger partial charge in [0.05, 0.1) is 26.9 Å². The Labute approximate surface area is 144 Å². The lowest BCUT2D eigenvalue weighted by Crippen LogP contribution is -2.31. The summed E-state index contributed by atoms with van der Waals surface area (Å²) in [5, 5.41) is 6.52. The molecule has 0 amide bonds. The Morgan fingerprint density at radius 1 is 1.25 bits per heavy atom. The number of benzene rings is 1. The molecular formula is C18H29N3O3. The molecule has 0 atom stereocenters. The van der Waals surface area contributed by atoms with Crippen molar-refractivity contribution in [3.8, 4) is 11.5 Å². The number of hydrogen-bond acceptors (Lipinski definition) is 4. The largest absolute Gasteiger partial charge is 0.493 e. The molecule has 0 radical (unpaired) electrons. The van der Waals surface area contributed by atoms with Gasteiger partial charge in [-0.05, 0) is 44.7 Å². The van der Waals surface area contributed by atoms with E-state index in [4.69, 9.17) is 14.2 Å². The zero-order valence-corrected chi connectivity index (χ0v) is 14.9. The molecule has 24 heavy (non-hydrogen) atoms. The minimum atomic E-state index is 0.590. The zero-order valence-electron chi connectivity index (χ0n) is 14.9. The Bertz CT molecular complexity index is 530. The highest BCUT2D eigenvalue weighted by Gasteiger charge is 2.20. The monoisotopic (exact) mass is 335 g/mol. The number of ether oxygens (including phenoxy) is 3. The maximum absolute atomic E-state index is 5.62. The summed E-state index contributed by atoms with van der Waals surface area (Å²) in [6.45, 7) is 7.54. The highest BCUT2D eigenvalue weighted by Crippen LogP contribution is 2.30. The standard InChI is InChI=1S/C18H29N3O3/c1-4-19-18(20-10-11-23-13-14-6-7-14)21-15-8-9-16(22-3)17(12-15)24-5-2/h8-9,12,14H,4-7,10-11,13H2,1-3H3,(H2,19,20,21). The normalized spacial score (nSPS) is 14.4. The molecule has 1 aromatic rings. The molecule has 1 aliphatic carbocycles. The summed E-state index contributed by atoms with van der Waals surface area (Å²) in [5.41, 5.74) is 0.901. The number of rotatable bonds is 10. The Morgan fingerprint density at radius 3 is 2.75 bits per heavy atom. The van der Waals surface area contributed by atoms with Crippen LogP contribution in [0.5, 0.6) is 11.5 Å². The van der Waals surface area contributed by atoms with Crippen LogP contribution in [0.3, 0.4) is 0 Å². The summed E-state index contributed by atoms with van der Waals surface area (Å²) in [5.74, 6) is 2.96. The lowest BCUT2D eigenvalue weighted by molar-refractivity contribution is 0.132. The van der Waals surface area contributed by atoms with E-state index in [9.17, 15) is 0 Å². The molecule has 6 heteroatoms. The summed E-state index contributed by atoms with van der Waals surface area (Å²) >= 11 is 0. The molecule has 1 fully saturated rings. The van der Waals surface area contributed by atoms with Crippen molar-refractivity contribution in [3.63, 3.8) is 0 Å². The second-order valence-corrected chi connectivity index (χ2v) is 5.70. The number of hydrogen-bond donors (Lipinski definition) is 2. The van der Waals surface area contributed by atoms with Gasteiger partial charge in [-0.25, -0.2) is 0 Å². The van der Waals surface area contributed by atoms with Crippen molar-refractivity contribution in [1.29, 1.82) is 0 Å². The van der Waals surface area contributed by atoms with Crippen LogP contribution in [0.4, 0.5) is 5.69 Å². The first kappa shape index (κ1) is 18.4. The minimum absolute atomic E-state index is 0.590. The van der Waals surface area contributed by atoms with Crippen LogP contribution >= 0.6 is 0 Å². The van der Waals surface area contributed by atoms with Gasteiger partial charge in [0, 0.05) is 24.9 Å². The molecule has 1 saturated carbocycles. The molecule has 6 nitrogen and oxygen atoms in total. The number of aliphatic imine (C=N–C) groups is 1. The molecule has 134 valence electrons. The van der Waals surface area contributed by atoms with Crippen LogP contribution < -0.4 is 20.1 Å². The molecule has 0 spiro atoms. The van der Waals surface area contributed by atoms with E-state index in [-0.39, 0.29) is 0 Å². The lowest BCUT2D eigenvalue weighted by atomic mass is 10.2. The van der Waals surface area contributed by atoms with E-state index < -0.39 is 0 Å². The van der Waals surface area contributed by atoms with E-state index in [0.717, 1.165) is 36.5 Å². The molecule has 0 aromatic heterocycles. The fourth-order valence-electron chi connectivity index (χ4n) is 2.22. The second-order valence-electron chi connectivity index (χ2n) is 5.70. The number of nitrogens with one attached hydrogen (secondary N) is 2. The van der Waals surface area contributed by atoms with Gasteiger partial charge >= 0.3 is 0 Å². The highest BCUT2D eigenvalue weighted by atomic mass is 16.5. The van der Waals surface area contributed by atoms with Gasteiger partial charge in [-0.2, -0.15) is 0 Å². The topological polar surface area (TPSA) is 64.1 Å². The van der Waals surface area contributed by atoms with Gasteiger partial charge in [0.2, 0.25) is 0 Å². The fraction of sp³-hybridized carbons (Fsp3) is 0.611. The predicted octanol–water partition coefficient (Wildman–Crippen LogP) is 2.90. The van der Waals surface area contributed by atoms with E-state index in [1.54, 1.807) is 7.11 Å². The molecule has 0 saturated heterocycles. The molecule has 0 heterocycles. The van der Waals surface area contributed by atoms with Gasteiger partial charge in [-0.1, -0.05) is 0 Å². The molecule has 0 unspecified atom stereocenters. The first-order chi connectivity index (χ1) is 11.8. The molecule has 0 aliphatic heterocycles. The first-order valence-electron chi connectivity index (χ1n) is 8.70. The quantitative estimate of drug-likeness (QED) is 0.391. The van der Waals surface area contributed by atoms with Crippen LogP contribution in [0, 0.1) is 5.92 Å².